The van der Waals surface area contributed by atoms with Crippen LogP contribution in [0.4, 0.5) is 4.39 Å². The number of benzene rings is 1. The predicted octanol–water partition coefficient (Wildman–Crippen LogP) is 2.92. The van der Waals surface area contributed by atoms with E-state index in [1.54, 1.807) is 6.92 Å². The molecule has 0 heterocycles. The molecule has 1 unspecified atom stereocenters. The number of rotatable bonds is 1. The fourth-order valence-corrected chi connectivity index (χ4v) is 1.15. The quantitative estimate of drug-likeness (QED) is 0.757. The van der Waals surface area contributed by atoms with Gasteiger partial charge in [-0.15, -0.1) is 12.4 Å². The lowest BCUT2D eigenvalue weighted by molar-refractivity contribution is 0.622. The molecule has 0 radical (unpaired) electrons. The second-order valence-corrected chi connectivity index (χ2v) is 2.86. The SMILES string of the molecule is CC(N)c1cc(F)ccc1Cl.Cl. The van der Waals surface area contributed by atoms with Crippen LogP contribution >= 0.6 is 24.0 Å². The monoisotopic (exact) mass is 209 g/mol. The highest BCUT2D eigenvalue weighted by molar-refractivity contribution is 6.31. The molecule has 0 spiro atoms. The van der Waals surface area contributed by atoms with E-state index in [9.17, 15) is 4.39 Å². The van der Waals surface area contributed by atoms with E-state index in [0.29, 0.717) is 10.6 Å². The average Bonchev–Trinajstić information content (AvgIpc) is 1.94. The second-order valence-electron chi connectivity index (χ2n) is 2.45. The Morgan fingerprint density at radius 2 is 2.08 bits per heavy atom. The van der Waals surface area contributed by atoms with Gasteiger partial charge in [-0.05, 0) is 30.7 Å². The molecule has 0 fully saturated rings. The summed E-state index contributed by atoms with van der Waals surface area (Å²) in [6.07, 6.45) is 0. The second kappa shape index (κ2) is 4.65. The fraction of sp³-hybridized carbons (Fsp3) is 0.250. The molecule has 0 saturated carbocycles. The molecule has 0 amide bonds. The lowest BCUT2D eigenvalue weighted by Crippen LogP contribution is -2.05. The summed E-state index contributed by atoms with van der Waals surface area (Å²) in [6.45, 7) is 1.76. The average molecular weight is 210 g/mol. The standard InChI is InChI=1S/C8H9ClFN.ClH/c1-5(11)7-4-6(10)2-3-8(7)9;/h2-5H,11H2,1H3;1H. The summed E-state index contributed by atoms with van der Waals surface area (Å²) in [5.74, 6) is -0.304. The van der Waals surface area contributed by atoms with Crippen molar-refractivity contribution in [2.24, 2.45) is 5.73 Å². The van der Waals surface area contributed by atoms with Crippen molar-refractivity contribution >= 4 is 24.0 Å². The minimum absolute atomic E-state index is 0. The molecule has 1 atom stereocenters. The molecule has 0 saturated heterocycles. The first kappa shape index (κ1) is 11.7. The molecule has 0 aliphatic carbocycles. The first-order valence-electron chi connectivity index (χ1n) is 3.32. The lowest BCUT2D eigenvalue weighted by Gasteiger charge is -2.06. The summed E-state index contributed by atoms with van der Waals surface area (Å²) < 4.78 is 12.6. The first-order chi connectivity index (χ1) is 5.11. The molecular weight excluding hydrogens is 200 g/mol. The Kier molecular flexibility index (Phi) is 4.53. The maximum absolute atomic E-state index is 12.6. The van der Waals surface area contributed by atoms with E-state index in [4.69, 9.17) is 17.3 Å². The van der Waals surface area contributed by atoms with Crippen LogP contribution in [0.15, 0.2) is 18.2 Å². The largest absolute Gasteiger partial charge is 0.324 e. The molecule has 0 bridgehead atoms. The summed E-state index contributed by atoms with van der Waals surface area (Å²) in [5.41, 5.74) is 6.18. The third-order valence-electron chi connectivity index (χ3n) is 1.45. The molecule has 1 rings (SSSR count). The highest BCUT2D eigenvalue weighted by Crippen LogP contribution is 2.21. The Morgan fingerprint density at radius 1 is 1.50 bits per heavy atom. The molecule has 12 heavy (non-hydrogen) atoms. The maximum Gasteiger partial charge on any atom is 0.123 e. The Balaban J connectivity index is 0.00000121. The smallest absolute Gasteiger partial charge is 0.123 e. The van der Waals surface area contributed by atoms with Crippen LogP contribution in [-0.2, 0) is 0 Å². The van der Waals surface area contributed by atoms with Gasteiger partial charge in [-0.3, -0.25) is 0 Å². The van der Waals surface area contributed by atoms with Crippen molar-refractivity contribution in [3.63, 3.8) is 0 Å². The van der Waals surface area contributed by atoms with Gasteiger partial charge >= 0.3 is 0 Å². The normalized spacial score (nSPS) is 12.0. The van der Waals surface area contributed by atoms with Gasteiger partial charge in [0.15, 0.2) is 0 Å². The summed E-state index contributed by atoms with van der Waals surface area (Å²) in [5, 5.41) is 0.515. The van der Waals surface area contributed by atoms with Gasteiger partial charge in [0.2, 0.25) is 0 Å². The lowest BCUT2D eigenvalue weighted by atomic mass is 10.1. The number of halogens is 3. The summed E-state index contributed by atoms with van der Waals surface area (Å²) >= 11 is 5.74. The summed E-state index contributed by atoms with van der Waals surface area (Å²) in [4.78, 5) is 0. The van der Waals surface area contributed by atoms with Crippen molar-refractivity contribution in [3.8, 4) is 0 Å². The van der Waals surface area contributed by atoms with Crippen LogP contribution in [0.1, 0.15) is 18.5 Å². The minimum atomic E-state index is -0.304. The van der Waals surface area contributed by atoms with Crippen LogP contribution < -0.4 is 5.73 Å². The zero-order valence-electron chi connectivity index (χ0n) is 6.55. The van der Waals surface area contributed by atoms with Gasteiger partial charge in [0.05, 0.1) is 0 Å². The molecule has 0 aromatic heterocycles. The van der Waals surface area contributed by atoms with E-state index in [-0.39, 0.29) is 24.3 Å². The number of hydrogen-bond donors (Lipinski definition) is 1. The molecule has 4 heteroatoms. The van der Waals surface area contributed by atoms with Gasteiger partial charge < -0.3 is 5.73 Å². The van der Waals surface area contributed by atoms with Gasteiger partial charge in [-0.2, -0.15) is 0 Å². The Hall–Kier alpha value is -0.310. The number of nitrogens with two attached hydrogens (primary N) is 1. The molecule has 68 valence electrons. The maximum atomic E-state index is 12.6. The van der Waals surface area contributed by atoms with Crippen LogP contribution in [0.3, 0.4) is 0 Å². The summed E-state index contributed by atoms with van der Waals surface area (Å²) in [6, 6.07) is 3.95. The Labute approximate surface area is 82.1 Å². The van der Waals surface area contributed by atoms with E-state index in [0.717, 1.165) is 0 Å². The van der Waals surface area contributed by atoms with Crippen molar-refractivity contribution in [2.45, 2.75) is 13.0 Å². The van der Waals surface area contributed by atoms with Crippen LogP contribution in [0.2, 0.25) is 5.02 Å². The van der Waals surface area contributed by atoms with E-state index < -0.39 is 0 Å². The Bertz CT molecular complexity index is 263. The molecule has 1 nitrogen and oxygen atoms in total. The molecule has 2 N–H and O–H groups in total. The van der Waals surface area contributed by atoms with Crippen molar-refractivity contribution in [1.29, 1.82) is 0 Å². The number of hydrogen-bond acceptors (Lipinski definition) is 1. The van der Waals surface area contributed by atoms with Crippen LogP contribution in [0.25, 0.3) is 0 Å². The van der Waals surface area contributed by atoms with Crippen molar-refractivity contribution < 1.29 is 4.39 Å². The molecule has 1 aromatic rings. The van der Waals surface area contributed by atoms with Gasteiger partial charge in [0.1, 0.15) is 5.82 Å². The molecule has 0 aliphatic heterocycles. The Morgan fingerprint density at radius 3 is 2.50 bits per heavy atom. The van der Waals surface area contributed by atoms with Crippen molar-refractivity contribution in [1.82, 2.24) is 0 Å². The topological polar surface area (TPSA) is 26.0 Å². The van der Waals surface area contributed by atoms with Crippen LogP contribution in [-0.4, -0.2) is 0 Å². The third-order valence-corrected chi connectivity index (χ3v) is 1.79. The molecule has 0 aliphatic rings. The minimum Gasteiger partial charge on any atom is -0.324 e. The zero-order valence-corrected chi connectivity index (χ0v) is 8.12. The van der Waals surface area contributed by atoms with Crippen molar-refractivity contribution in [3.05, 3.63) is 34.6 Å². The van der Waals surface area contributed by atoms with E-state index >= 15 is 0 Å². The van der Waals surface area contributed by atoms with E-state index in [2.05, 4.69) is 0 Å². The van der Waals surface area contributed by atoms with Crippen molar-refractivity contribution in [2.75, 3.05) is 0 Å². The molecule has 1 aromatic carbocycles. The molecular formula is C8H10Cl2FN. The van der Waals surface area contributed by atoms with Gasteiger partial charge in [0, 0.05) is 11.1 Å². The van der Waals surface area contributed by atoms with Gasteiger partial charge in [0.25, 0.3) is 0 Å². The van der Waals surface area contributed by atoms with Gasteiger partial charge in [-0.25, -0.2) is 4.39 Å². The third kappa shape index (κ3) is 2.63. The summed E-state index contributed by atoms with van der Waals surface area (Å²) in [7, 11) is 0. The van der Waals surface area contributed by atoms with Crippen LogP contribution in [0, 0.1) is 5.82 Å². The van der Waals surface area contributed by atoms with Gasteiger partial charge in [-0.1, -0.05) is 11.6 Å². The van der Waals surface area contributed by atoms with E-state index in [1.807, 2.05) is 0 Å². The first-order valence-corrected chi connectivity index (χ1v) is 3.69. The highest BCUT2D eigenvalue weighted by atomic mass is 35.5. The highest BCUT2D eigenvalue weighted by Gasteiger charge is 2.05. The van der Waals surface area contributed by atoms with Crippen LogP contribution in [0.5, 0.6) is 0 Å². The zero-order chi connectivity index (χ0) is 8.43. The van der Waals surface area contributed by atoms with E-state index in [1.165, 1.54) is 18.2 Å². The predicted molar refractivity (Wildman–Crippen MR) is 51.3 cm³/mol. The fourth-order valence-electron chi connectivity index (χ4n) is 0.864.